The molecule has 1 heterocycles. The van der Waals surface area contributed by atoms with Crippen molar-refractivity contribution in [3.63, 3.8) is 0 Å². The first-order valence-electron chi connectivity index (χ1n) is 7.58. The third-order valence-electron chi connectivity index (χ3n) is 3.56. The van der Waals surface area contributed by atoms with Crippen LogP contribution in [-0.2, 0) is 13.0 Å². The highest BCUT2D eigenvalue weighted by molar-refractivity contribution is 7.09. The summed E-state index contributed by atoms with van der Waals surface area (Å²) in [5.41, 5.74) is 4.50. The van der Waals surface area contributed by atoms with Gasteiger partial charge in [0, 0.05) is 18.0 Å². The largest absolute Gasteiger partial charge is 0.316 e. The van der Waals surface area contributed by atoms with Crippen LogP contribution in [0.3, 0.4) is 0 Å². The number of benzene rings is 1. The van der Waals surface area contributed by atoms with E-state index in [-0.39, 0.29) is 0 Å². The molecule has 0 aliphatic heterocycles. The van der Waals surface area contributed by atoms with Crippen molar-refractivity contribution in [2.45, 2.75) is 26.3 Å². The molecule has 1 aromatic carbocycles. The summed E-state index contributed by atoms with van der Waals surface area (Å²) in [6.07, 6.45) is 2.28. The van der Waals surface area contributed by atoms with Gasteiger partial charge in [-0.15, -0.1) is 11.3 Å². The van der Waals surface area contributed by atoms with Gasteiger partial charge in [-0.05, 0) is 45.5 Å². The highest BCUT2D eigenvalue weighted by Crippen LogP contribution is 2.11. The Morgan fingerprint density at radius 3 is 2.71 bits per heavy atom. The van der Waals surface area contributed by atoms with Crippen LogP contribution in [0.1, 0.15) is 22.6 Å². The zero-order chi connectivity index (χ0) is 14.9. The molecule has 0 bridgehead atoms. The Kier molecular flexibility index (Phi) is 6.86. The highest BCUT2D eigenvalue weighted by Gasteiger charge is 2.01. The van der Waals surface area contributed by atoms with Crippen molar-refractivity contribution in [1.29, 1.82) is 0 Å². The number of nitrogens with zero attached hydrogens (tertiary/aromatic N) is 2. The minimum Gasteiger partial charge on any atom is -0.316 e. The van der Waals surface area contributed by atoms with E-state index in [4.69, 9.17) is 0 Å². The molecule has 2 rings (SSSR count). The van der Waals surface area contributed by atoms with Gasteiger partial charge in [-0.1, -0.05) is 30.3 Å². The fraction of sp³-hybridized carbons (Fsp3) is 0.471. The maximum atomic E-state index is 4.28. The lowest BCUT2D eigenvalue weighted by Gasteiger charge is -2.16. The van der Waals surface area contributed by atoms with E-state index in [0.29, 0.717) is 0 Å². The number of aromatic nitrogens is 1. The molecule has 0 unspecified atom stereocenters. The van der Waals surface area contributed by atoms with E-state index in [2.05, 4.69) is 59.5 Å². The second-order valence-electron chi connectivity index (χ2n) is 5.44. The summed E-state index contributed by atoms with van der Waals surface area (Å²) in [5, 5.41) is 3.52. The highest BCUT2D eigenvalue weighted by atomic mass is 32.1. The van der Waals surface area contributed by atoms with Crippen molar-refractivity contribution in [3.8, 4) is 0 Å². The van der Waals surface area contributed by atoms with Gasteiger partial charge in [0.25, 0.3) is 0 Å². The van der Waals surface area contributed by atoms with Crippen LogP contribution in [0, 0.1) is 6.92 Å². The van der Waals surface area contributed by atoms with Crippen molar-refractivity contribution in [3.05, 3.63) is 52.0 Å². The molecule has 0 atom stereocenters. The second kappa shape index (κ2) is 8.93. The monoisotopic (exact) mass is 303 g/mol. The van der Waals surface area contributed by atoms with Crippen molar-refractivity contribution in [1.82, 2.24) is 15.2 Å². The van der Waals surface area contributed by atoms with Gasteiger partial charge in [0.2, 0.25) is 0 Å². The van der Waals surface area contributed by atoms with Gasteiger partial charge in [0.15, 0.2) is 0 Å². The molecule has 0 spiro atoms. The lowest BCUT2D eigenvalue weighted by atomic mass is 10.2. The number of thiazole rings is 1. The topological polar surface area (TPSA) is 28.2 Å². The summed E-state index contributed by atoms with van der Waals surface area (Å²) >= 11 is 1.76. The van der Waals surface area contributed by atoms with E-state index in [0.717, 1.165) is 32.6 Å². The lowest BCUT2D eigenvalue weighted by Crippen LogP contribution is -2.25. The molecule has 0 saturated heterocycles. The molecule has 0 radical (unpaired) electrons. The normalized spacial score (nSPS) is 11.2. The Bertz CT molecular complexity index is 510. The zero-order valence-electron chi connectivity index (χ0n) is 13.0. The molecule has 1 N–H and O–H groups in total. The van der Waals surface area contributed by atoms with E-state index in [1.165, 1.54) is 22.6 Å². The number of aryl methyl sites for hydroxylation is 1. The van der Waals surface area contributed by atoms with Crippen molar-refractivity contribution >= 4 is 11.3 Å². The van der Waals surface area contributed by atoms with Gasteiger partial charge in [0.05, 0.1) is 11.2 Å². The molecule has 21 heavy (non-hydrogen) atoms. The molecular weight excluding hydrogens is 278 g/mol. The van der Waals surface area contributed by atoms with Crippen LogP contribution in [0.2, 0.25) is 0 Å². The van der Waals surface area contributed by atoms with Crippen molar-refractivity contribution in [2.75, 3.05) is 26.7 Å². The summed E-state index contributed by atoms with van der Waals surface area (Å²) < 4.78 is 0. The molecule has 1 aromatic heterocycles. The fourth-order valence-electron chi connectivity index (χ4n) is 2.34. The van der Waals surface area contributed by atoms with Crippen molar-refractivity contribution in [2.24, 2.45) is 0 Å². The van der Waals surface area contributed by atoms with Crippen LogP contribution in [0.5, 0.6) is 0 Å². The first kappa shape index (κ1) is 16.1. The van der Waals surface area contributed by atoms with Crippen LogP contribution in [0.4, 0.5) is 0 Å². The summed E-state index contributed by atoms with van der Waals surface area (Å²) in [7, 11) is 2.19. The maximum Gasteiger partial charge on any atom is 0.0797 e. The minimum atomic E-state index is 1.03. The number of hydrogen-bond acceptors (Lipinski definition) is 4. The van der Waals surface area contributed by atoms with Crippen LogP contribution < -0.4 is 5.32 Å². The van der Waals surface area contributed by atoms with E-state index >= 15 is 0 Å². The maximum absolute atomic E-state index is 4.28. The lowest BCUT2D eigenvalue weighted by molar-refractivity contribution is 0.320. The summed E-state index contributed by atoms with van der Waals surface area (Å²) in [6, 6.07) is 10.6. The van der Waals surface area contributed by atoms with Gasteiger partial charge >= 0.3 is 0 Å². The average Bonchev–Trinajstić information content (AvgIpc) is 2.89. The molecule has 0 saturated carbocycles. The Balaban J connectivity index is 1.52. The number of nitrogens with one attached hydrogen (secondary N) is 1. The minimum absolute atomic E-state index is 1.03. The van der Waals surface area contributed by atoms with E-state index < -0.39 is 0 Å². The molecule has 0 amide bonds. The first-order chi connectivity index (χ1) is 10.3. The zero-order valence-corrected chi connectivity index (χ0v) is 13.8. The van der Waals surface area contributed by atoms with E-state index in [1.54, 1.807) is 11.3 Å². The Hall–Kier alpha value is -1.23. The van der Waals surface area contributed by atoms with Crippen LogP contribution in [0.25, 0.3) is 0 Å². The molecular formula is C17H25N3S. The third-order valence-corrected chi connectivity index (χ3v) is 4.56. The predicted molar refractivity (Wildman–Crippen MR) is 90.8 cm³/mol. The van der Waals surface area contributed by atoms with Crippen molar-refractivity contribution < 1.29 is 0 Å². The Morgan fingerprint density at radius 1 is 1.19 bits per heavy atom. The van der Waals surface area contributed by atoms with Gasteiger partial charge in [-0.3, -0.25) is 0 Å². The smallest absolute Gasteiger partial charge is 0.0797 e. The average molecular weight is 303 g/mol. The first-order valence-corrected chi connectivity index (χ1v) is 8.46. The van der Waals surface area contributed by atoms with Gasteiger partial charge < -0.3 is 10.2 Å². The molecule has 2 aromatic rings. The summed E-state index contributed by atoms with van der Waals surface area (Å²) in [5.74, 6) is 0. The standard InChI is InChI=1S/C17H25N3S/c1-15-17(21-14-19-15)9-11-18-10-6-12-20(2)13-16-7-4-3-5-8-16/h3-5,7-8,14,18H,6,9-13H2,1-2H3. The Morgan fingerprint density at radius 2 is 2.00 bits per heavy atom. The Labute approximate surface area is 132 Å². The van der Waals surface area contributed by atoms with E-state index in [9.17, 15) is 0 Å². The molecule has 3 nitrogen and oxygen atoms in total. The van der Waals surface area contributed by atoms with Gasteiger partial charge in [-0.2, -0.15) is 0 Å². The quantitative estimate of drug-likeness (QED) is 0.722. The molecule has 0 aliphatic rings. The second-order valence-corrected chi connectivity index (χ2v) is 6.38. The molecule has 4 heteroatoms. The van der Waals surface area contributed by atoms with E-state index in [1.807, 2.05) is 5.51 Å². The molecule has 114 valence electrons. The SMILES string of the molecule is Cc1ncsc1CCNCCCN(C)Cc1ccccc1. The molecule has 0 fully saturated rings. The molecule has 0 aliphatic carbocycles. The summed E-state index contributed by atoms with van der Waals surface area (Å²) in [4.78, 5) is 8.06. The van der Waals surface area contributed by atoms with Crippen LogP contribution in [-0.4, -0.2) is 36.6 Å². The summed E-state index contributed by atoms with van der Waals surface area (Å²) in [6.45, 7) is 6.37. The van der Waals surface area contributed by atoms with Gasteiger partial charge in [0.1, 0.15) is 0 Å². The predicted octanol–water partition coefficient (Wildman–Crippen LogP) is 3.11. The number of hydrogen-bond donors (Lipinski definition) is 1. The fourth-order valence-corrected chi connectivity index (χ4v) is 3.12. The van der Waals surface area contributed by atoms with Crippen LogP contribution >= 0.6 is 11.3 Å². The van der Waals surface area contributed by atoms with Gasteiger partial charge in [-0.25, -0.2) is 4.98 Å². The number of rotatable bonds is 9. The van der Waals surface area contributed by atoms with Crippen LogP contribution in [0.15, 0.2) is 35.8 Å². The third kappa shape index (κ3) is 5.96.